The summed E-state index contributed by atoms with van der Waals surface area (Å²) in [6.45, 7) is 0.977. The van der Waals surface area contributed by atoms with Crippen LogP contribution in [0.15, 0.2) is 27.4 Å². The van der Waals surface area contributed by atoms with Gasteiger partial charge in [-0.3, -0.25) is 4.79 Å². The summed E-state index contributed by atoms with van der Waals surface area (Å²) in [4.78, 5) is 11.9. The van der Waals surface area contributed by atoms with E-state index in [1.165, 1.54) is 12.1 Å². The number of aliphatic hydroxyl groups excluding tert-OH is 4. The summed E-state index contributed by atoms with van der Waals surface area (Å²) in [5, 5.41) is 48.7. The fourth-order valence-electron chi connectivity index (χ4n) is 2.73. The van der Waals surface area contributed by atoms with E-state index in [0.29, 0.717) is 5.76 Å². The van der Waals surface area contributed by atoms with Crippen LogP contribution in [0.25, 0.3) is 11.0 Å². The summed E-state index contributed by atoms with van der Waals surface area (Å²) < 4.78 is 16.0. The first-order chi connectivity index (χ1) is 11.8. The minimum atomic E-state index is -1.60. The van der Waals surface area contributed by atoms with Crippen LogP contribution in [0.4, 0.5) is 0 Å². The molecule has 1 aliphatic rings. The molecular weight excluding hydrogens is 336 g/mol. The van der Waals surface area contributed by atoms with Gasteiger partial charge in [-0.15, -0.1) is 0 Å². The van der Waals surface area contributed by atoms with Crippen molar-refractivity contribution in [3.8, 4) is 11.5 Å². The summed E-state index contributed by atoms with van der Waals surface area (Å²) >= 11 is 0. The van der Waals surface area contributed by atoms with Crippen LogP contribution in [0.3, 0.4) is 0 Å². The Hall–Kier alpha value is -2.17. The molecule has 0 radical (unpaired) electrons. The van der Waals surface area contributed by atoms with Gasteiger partial charge in [-0.25, -0.2) is 0 Å². The lowest BCUT2D eigenvalue weighted by Gasteiger charge is -2.39. The molecule has 3 rings (SSSR count). The van der Waals surface area contributed by atoms with E-state index in [2.05, 4.69) is 0 Å². The summed E-state index contributed by atoms with van der Waals surface area (Å²) in [6, 6.07) is 3.70. The third-order valence-electron chi connectivity index (χ3n) is 4.01. The topological polar surface area (TPSA) is 150 Å². The molecule has 0 amide bonds. The Morgan fingerprint density at radius 2 is 1.84 bits per heavy atom. The molecule has 9 nitrogen and oxygen atoms in total. The number of aliphatic hydroxyl groups is 4. The first-order valence-electron chi connectivity index (χ1n) is 7.56. The zero-order chi connectivity index (χ0) is 18.3. The fraction of sp³-hybridized carbons (Fsp3) is 0.438. The molecule has 0 bridgehead atoms. The van der Waals surface area contributed by atoms with Crippen molar-refractivity contribution >= 4 is 11.0 Å². The Morgan fingerprint density at radius 3 is 2.52 bits per heavy atom. The number of rotatable bonds is 3. The maximum Gasteiger partial charge on any atom is 0.229 e. The molecule has 1 aromatic carbocycles. The quantitative estimate of drug-likeness (QED) is 0.467. The van der Waals surface area contributed by atoms with Crippen molar-refractivity contribution in [2.75, 3.05) is 6.61 Å². The molecule has 136 valence electrons. The molecule has 25 heavy (non-hydrogen) atoms. The highest BCUT2D eigenvalue weighted by Gasteiger charge is 2.44. The number of phenols is 1. The van der Waals surface area contributed by atoms with Crippen LogP contribution in [0.1, 0.15) is 5.76 Å². The highest BCUT2D eigenvalue weighted by atomic mass is 16.7. The fourth-order valence-corrected chi connectivity index (χ4v) is 2.73. The molecule has 1 aliphatic heterocycles. The van der Waals surface area contributed by atoms with Crippen molar-refractivity contribution < 1.29 is 39.4 Å². The minimum absolute atomic E-state index is 0.00285. The standard InChI is InChI=1S/C16H18O9/c1-6-2-8(18)12-9(19)3-7(4-10(12)23-6)24-16-15(22)14(21)13(20)11(5-17)25-16/h2-4,11,13-17,19-22H,5H2,1H3/t11-,13-,14+,15-,16+/m1/s1. The molecule has 1 aromatic heterocycles. The minimum Gasteiger partial charge on any atom is -0.507 e. The number of aryl methyl sites for hydroxylation is 1. The second-order valence-electron chi connectivity index (χ2n) is 5.85. The third kappa shape index (κ3) is 3.20. The molecule has 1 saturated heterocycles. The average Bonchev–Trinajstić information content (AvgIpc) is 2.54. The van der Waals surface area contributed by atoms with Crippen LogP contribution in [0.5, 0.6) is 11.5 Å². The Balaban J connectivity index is 1.93. The van der Waals surface area contributed by atoms with Crippen molar-refractivity contribution in [1.29, 1.82) is 0 Å². The van der Waals surface area contributed by atoms with Gasteiger partial charge in [0.15, 0.2) is 5.43 Å². The predicted molar refractivity (Wildman–Crippen MR) is 83.3 cm³/mol. The van der Waals surface area contributed by atoms with Gasteiger partial charge in [0, 0.05) is 18.2 Å². The molecule has 0 unspecified atom stereocenters. The average molecular weight is 354 g/mol. The second-order valence-corrected chi connectivity index (χ2v) is 5.85. The highest BCUT2D eigenvalue weighted by molar-refractivity contribution is 5.84. The Morgan fingerprint density at radius 1 is 1.12 bits per heavy atom. The maximum atomic E-state index is 11.9. The number of phenolic OH excluding ortho intramolecular Hbond substituents is 1. The molecule has 0 aliphatic carbocycles. The van der Waals surface area contributed by atoms with Gasteiger partial charge in [0.25, 0.3) is 0 Å². The zero-order valence-electron chi connectivity index (χ0n) is 13.2. The van der Waals surface area contributed by atoms with E-state index in [0.717, 1.165) is 6.07 Å². The van der Waals surface area contributed by atoms with Crippen LogP contribution < -0.4 is 10.2 Å². The first-order valence-corrected chi connectivity index (χ1v) is 7.56. The van der Waals surface area contributed by atoms with Crippen LogP contribution in [0.2, 0.25) is 0 Å². The number of ether oxygens (including phenoxy) is 2. The van der Waals surface area contributed by atoms with Crippen LogP contribution in [-0.4, -0.2) is 62.8 Å². The van der Waals surface area contributed by atoms with Gasteiger partial charge in [0.2, 0.25) is 6.29 Å². The second kappa shape index (κ2) is 6.62. The van der Waals surface area contributed by atoms with Crippen molar-refractivity contribution in [3.63, 3.8) is 0 Å². The number of hydrogen-bond donors (Lipinski definition) is 5. The molecule has 1 fully saturated rings. The van der Waals surface area contributed by atoms with E-state index in [-0.39, 0.29) is 22.5 Å². The maximum absolute atomic E-state index is 11.9. The number of benzene rings is 1. The monoisotopic (exact) mass is 354 g/mol. The lowest BCUT2D eigenvalue weighted by atomic mass is 9.99. The van der Waals surface area contributed by atoms with Crippen LogP contribution >= 0.6 is 0 Å². The van der Waals surface area contributed by atoms with Crippen molar-refractivity contribution in [1.82, 2.24) is 0 Å². The molecule has 2 aromatic rings. The lowest BCUT2D eigenvalue weighted by Crippen LogP contribution is -2.60. The molecule has 2 heterocycles. The highest BCUT2D eigenvalue weighted by Crippen LogP contribution is 2.31. The van der Waals surface area contributed by atoms with E-state index in [1.807, 2.05) is 0 Å². The van der Waals surface area contributed by atoms with Gasteiger partial charge >= 0.3 is 0 Å². The summed E-state index contributed by atoms with van der Waals surface area (Å²) in [5.74, 6) is -0.0455. The Labute approximate surface area is 141 Å². The van der Waals surface area contributed by atoms with Crippen molar-refractivity contribution in [3.05, 3.63) is 34.2 Å². The molecular formula is C16H18O9. The van der Waals surface area contributed by atoms with Gasteiger partial charge in [-0.05, 0) is 6.92 Å². The lowest BCUT2D eigenvalue weighted by molar-refractivity contribution is -0.277. The van der Waals surface area contributed by atoms with Crippen molar-refractivity contribution in [2.45, 2.75) is 37.6 Å². The predicted octanol–water partition coefficient (Wildman–Crippen LogP) is -1.01. The summed E-state index contributed by atoms with van der Waals surface area (Å²) in [5.41, 5.74) is -0.347. The van der Waals surface area contributed by atoms with Crippen molar-refractivity contribution in [2.24, 2.45) is 0 Å². The summed E-state index contributed by atoms with van der Waals surface area (Å²) in [6.07, 6.45) is -7.24. The zero-order valence-corrected chi connectivity index (χ0v) is 13.2. The van der Waals surface area contributed by atoms with Gasteiger partial charge < -0.3 is 39.4 Å². The molecule has 0 saturated carbocycles. The number of fused-ring (bicyclic) bond motifs is 1. The first kappa shape index (κ1) is 17.6. The third-order valence-corrected chi connectivity index (χ3v) is 4.01. The van der Waals surface area contributed by atoms with E-state index in [4.69, 9.17) is 13.9 Å². The van der Waals surface area contributed by atoms with E-state index >= 15 is 0 Å². The Bertz CT molecular complexity index is 828. The van der Waals surface area contributed by atoms with Gasteiger partial charge in [-0.1, -0.05) is 0 Å². The summed E-state index contributed by atoms with van der Waals surface area (Å²) in [7, 11) is 0. The van der Waals surface area contributed by atoms with E-state index in [9.17, 15) is 30.3 Å². The molecule has 5 atom stereocenters. The number of aromatic hydroxyl groups is 1. The Kier molecular flexibility index (Phi) is 4.67. The van der Waals surface area contributed by atoms with Gasteiger partial charge in [0.1, 0.15) is 52.6 Å². The normalized spacial score (nSPS) is 29.7. The van der Waals surface area contributed by atoms with Crippen LogP contribution in [0, 0.1) is 6.92 Å². The van der Waals surface area contributed by atoms with Crippen LogP contribution in [-0.2, 0) is 4.74 Å². The number of hydrogen-bond acceptors (Lipinski definition) is 9. The van der Waals surface area contributed by atoms with Gasteiger partial charge in [-0.2, -0.15) is 0 Å². The molecule has 0 spiro atoms. The largest absolute Gasteiger partial charge is 0.507 e. The smallest absolute Gasteiger partial charge is 0.229 e. The van der Waals surface area contributed by atoms with E-state index < -0.39 is 42.7 Å². The molecule has 5 N–H and O–H groups in total. The van der Waals surface area contributed by atoms with Gasteiger partial charge in [0.05, 0.1) is 6.61 Å². The molecule has 9 heteroatoms. The van der Waals surface area contributed by atoms with E-state index in [1.54, 1.807) is 6.92 Å². The SMILES string of the molecule is Cc1cc(=O)c2c(O)cc(O[C@H]3O[C@H](CO)[C@@H](O)[C@H](O)[C@H]3O)cc2o1.